The van der Waals surface area contributed by atoms with Gasteiger partial charge in [-0.2, -0.15) is 4.98 Å². The fraction of sp³-hybridized carbons (Fsp3) is 0.304. The number of methoxy groups -OCH3 is 1. The summed E-state index contributed by atoms with van der Waals surface area (Å²) in [5.41, 5.74) is 5.36. The lowest BCUT2D eigenvalue weighted by molar-refractivity contribution is 0.413. The van der Waals surface area contributed by atoms with E-state index in [9.17, 15) is 4.39 Å². The largest absolute Gasteiger partial charge is 0.497 e. The van der Waals surface area contributed by atoms with Gasteiger partial charge in [0.2, 0.25) is 5.95 Å². The standard InChI is InChI=1S/C23H25FN4O/c1-14-15(2)25-23(26-19-7-5-18(24)6-8-19)27-22(14)28-12-11-17-13-20(29-4)9-10-21(17)16(28)3/h5-10,13,16H,11-12H2,1-4H3,(H,25,26,27). The molecule has 1 N–H and O–H groups in total. The number of rotatable bonds is 4. The van der Waals surface area contributed by atoms with Crippen LogP contribution in [0.5, 0.6) is 5.75 Å². The van der Waals surface area contributed by atoms with Crippen LogP contribution in [0.1, 0.15) is 35.3 Å². The average Bonchev–Trinajstić information content (AvgIpc) is 2.72. The predicted molar refractivity (Wildman–Crippen MR) is 114 cm³/mol. The monoisotopic (exact) mass is 392 g/mol. The Kier molecular flexibility index (Phi) is 5.09. The highest BCUT2D eigenvalue weighted by Gasteiger charge is 2.27. The van der Waals surface area contributed by atoms with Gasteiger partial charge in [-0.1, -0.05) is 6.07 Å². The smallest absolute Gasteiger partial charge is 0.229 e. The molecule has 1 aliphatic heterocycles. The number of benzene rings is 2. The van der Waals surface area contributed by atoms with Gasteiger partial charge in [0, 0.05) is 23.5 Å². The molecule has 1 atom stereocenters. The van der Waals surface area contributed by atoms with Gasteiger partial charge in [-0.3, -0.25) is 0 Å². The van der Waals surface area contributed by atoms with E-state index < -0.39 is 0 Å². The Bertz CT molecular complexity index is 1040. The number of ether oxygens (including phenoxy) is 1. The molecule has 0 amide bonds. The minimum Gasteiger partial charge on any atom is -0.497 e. The van der Waals surface area contributed by atoms with E-state index in [-0.39, 0.29) is 11.9 Å². The summed E-state index contributed by atoms with van der Waals surface area (Å²) >= 11 is 0. The third-order valence-corrected chi connectivity index (χ3v) is 5.63. The molecule has 6 heteroatoms. The summed E-state index contributed by atoms with van der Waals surface area (Å²) in [6.45, 7) is 7.12. The first-order chi connectivity index (χ1) is 14.0. The normalized spacial score (nSPS) is 15.8. The Morgan fingerprint density at radius 2 is 1.86 bits per heavy atom. The number of hydrogen-bond acceptors (Lipinski definition) is 5. The minimum absolute atomic E-state index is 0.191. The lowest BCUT2D eigenvalue weighted by Crippen LogP contribution is -2.35. The summed E-state index contributed by atoms with van der Waals surface area (Å²) < 4.78 is 18.6. The third kappa shape index (κ3) is 3.75. The van der Waals surface area contributed by atoms with Crippen LogP contribution in [0.2, 0.25) is 0 Å². The lowest BCUT2D eigenvalue weighted by Gasteiger charge is -2.37. The van der Waals surface area contributed by atoms with Crippen LogP contribution in [0.4, 0.5) is 21.8 Å². The zero-order valence-electron chi connectivity index (χ0n) is 17.2. The topological polar surface area (TPSA) is 50.3 Å². The van der Waals surface area contributed by atoms with Gasteiger partial charge in [0.15, 0.2) is 0 Å². The molecule has 0 saturated heterocycles. The molecule has 2 aromatic carbocycles. The molecular formula is C23H25FN4O. The van der Waals surface area contributed by atoms with Crippen LogP contribution < -0.4 is 15.0 Å². The summed E-state index contributed by atoms with van der Waals surface area (Å²) in [6, 6.07) is 12.7. The second-order valence-electron chi connectivity index (χ2n) is 7.40. The third-order valence-electron chi connectivity index (χ3n) is 5.63. The van der Waals surface area contributed by atoms with Crippen LogP contribution in [0.15, 0.2) is 42.5 Å². The Labute approximate surface area is 170 Å². The van der Waals surface area contributed by atoms with Crippen LogP contribution in [-0.2, 0) is 6.42 Å². The first-order valence-corrected chi connectivity index (χ1v) is 9.77. The highest BCUT2D eigenvalue weighted by Crippen LogP contribution is 2.36. The molecule has 150 valence electrons. The second-order valence-corrected chi connectivity index (χ2v) is 7.40. The van der Waals surface area contributed by atoms with E-state index in [0.717, 1.165) is 41.5 Å². The molecule has 0 aliphatic carbocycles. The van der Waals surface area contributed by atoms with Gasteiger partial charge >= 0.3 is 0 Å². The van der Waals surface area contributed by atoms with E-state index in [4.69, 9.17) is 9.72 Å². The molecule has 0 bridgehead atoms. The molecule has 0 radical (unpaired) electrons. The number of anilines is 3. The molecule has 0 saturated carbocycles. The SMILES string of the molecule is COc1ccc2c(c1)CCN(c1nc(Nc3ccc(F)cc3)nc(C)c1C)C2C. The number of hydrogen-bond donors (Lipinski definition) is 1. The van der Waals surface area contributed by atoms with Gasteiger partial charge in [-0.15, -0.1) is 0 Å². The predicted octanol–water partition coefficient (Wildman–Crippen LogP) is 5.11. The van der Waals surface area contributed by atoms with E-state index in [1.165, 1.54) is 23.3 Å². The number of fused-ring (bicyclic) bond motifs is 1. The van der Waals surface area contributed by atoms with Gasteiger partial charge in [-0.25, -0.2) is 9.37 Å². The van der Waals surface area contributed by atoms with Crippen molar-refractivity contribution in [2.24, 2.45) is 0 Å². The maximum atomic E-state index is 13.2. The second kappa shape index (κ2) is 7.70. The Morgan fingerprint density at radius 1 is 1.10 bits per heavy atom. The highest BCUT2D eigenvalue weighted by molar-refractivity contribution is 5.60. The molecular weight excluding hydrogens is 367 g/mol. The van der Waals surface area contributed by atoms with Crippen LogP contribution in [0.25, 0.3) is 0 Å². The van der Waals surface area contributed by atoms with Crippen molar-refractivity contribution in [2.45, 2.75) is 33.2 Å². The van der Waals surface area contributed by atoms with Gasteiger partial charge < -0.3 is 15.0 Å². The fourth-order valence-electron chi connectivity index (χ4n) is 3.84. The number of halogens is 1. The van der Waals surface area contributed by atoms with E-state index in [1.807, 2.05) is 13.0 Å². The molecule has 2 heterocycles. The highest BCUT2D eigenvalue weighted by atomic mass is 19.1. The lowest BCUT2D eigenvalue weighted by atomic mass is 9.93. The zero-order chi connectivity index (χ0) is 20.5. The van der Waals surface area contributed by atoms with Crippen molar-refractivity contribution < 1.29 is 9.13 Å². The van der Waals surface area contributed by atoms with Gasteiger partial charge in [0.05, 0.1) is 13.2 Å². The molecule has 29 heavy (non-hydrogen) atoms. The zero-order valence-corrected chi connectivity index (χ0v) is 17.2. The summed E-state index contributed by atoms with van der Waals surface area (Å²) in [7, 11) is 1.70. The van der Waals surface area contributed by atoms with E-state index in [1.54, 1.807) is 19.2 Å². The molecule has 3 aromatic rings. The summed E-state index contributed by atoms with van der Waals surface area (Å²) in [5, 5.41) is 3.20. The van der Waals surface area contributed by atoms with Crippen LogP contribution in [-0.4, -0.2) is 23.6 Å². The maximum Gasteiger partial charge on any atom is 0.229 e. The minimum atomic E-state index is -0.269. The number of aromatic nitrogens is 2. The van der Waals surface area contributed by atoms with Crippen molar-refractivity contribution in [1.29, 1.82) is 0 Å². The van der Waals surface area contributed by atoms with Crippen LogP contribution in [0.3, 0.4) is 0 Å². The molecule has 5 nitrogen and oxygen atoms in total. The molecule has 1 aliphatic rings. The number of nitrogens with zero attached hydrogens (tertiary/aromatic N) is 3. The van der Waals surface area contributed by atoms with Gasteiger partial charge in [0.25, 0.3) is 0 Å². The number of nitrogens with one attached hydrogen (secondary N) is 1. The molecule has 1 aromatic heterocycles. The molecule has 1 unspecified atom stereocenters. The van der Waals surface area contributed by atoms with Crippen molar-refractivity contribution in [3.05, 3.63) is 70.7 Å². The quantitative estimate of drug-likeness (QED) is 0.669. The van der Waals surface area contributed by atoms with Crippen molar-refractivity contribution in [2.75, 3.05) is 23.9 Å². The van der Waals surface area contributed by atoms with Crippen LogP contribution in [0, 0.1) is 19.7 Å². The molecule has 4 rings (SSSR count). The van der Waals surface area contributed by atoms with E-state index >= 15 is 0 Å². The van der Waals surface area contributed by atoms with E-state index in [2.05, 4.69) is 41.2 Å². The summed E-state index contributed by atoms with van der Waals surface area (Å²) in [5.74, 6) is 2.07. The van der Waals surface area contributed by atoms with Crippen LogP contribution >= 0.6 is 0 Å². The molecule has 0 spiro atoms. The maximum absolute atomic E-state index is 13.2. The Balaban J connectivity index is 1.67. The van der Waals surface area contributed by atoms with E-state index in [0.29, 0.717) is 5.95 Å². The van der Waals surface area contributed by atoms with Gasteiger partial charge in [0.1, 0.15) is 17.4 Å². The van der Waals surface area contributed by atoms with Crippen molar-refractivity contribution in [3.63, 3.8) is 0 Å². The first-order valence-electron chi connectivity index (χ1n) is 9.77. The van der Waals surface area contributed by atoms with Crippen molar-refractivity contribution in [3.8, 4) is 5.75 Å². The van der Waals surface area contributed by atoms with Gasteiger partial charge in [-0.05, 0) is 74.7 Å². The number of aryl methyl sites for hydroxylation is 1. The fourth-order valence-corrected chi connectivity index (χ4v) is 3.84. The summed E-state index contributed by atoms with van der Waals surface area (Å²) in [4.78, 5) is 11.7. The Hall–Kier alpha value is -3.15. The van der Waals surface area contributed by atoms with Crippen molar-refractivity contribution >= 4 is 17.5 Å². The van der Waals surface area contributed by atoms with Crippen molar-refractivity contribution in [1.82, 2.24) is 9.97 Å². The first kappa shape index (κ1) is 19.2. The molecule has 0 fully saturated rings. The average molecular weight is 392 g/mol. The summed E-state index contributed by atoms with van der Waals surface area (Å²) in [6.07, 6.45) is 0.931. The Morgan fingerprint density at radius 3 is 2.59 bits per heavy atom.